The molecule has 4 nitrogen and oxygen atoms in total. The molecule has 0 fully saturated rings. The summed E-state index contributed by atoms with van der Waals surface area (Å²) in [7, 11) is 5.43. The second kappa shape index (κ2) is 10.8. The van der Waals surface area contributed by atoms with Crippen LogP contribution in [0.5, 0.6) is 11.5 Å². The lowest BCUT2D eigenvalue weighted by molar-refractivity contribution is -0.708. The van der Waals surface area contributed by atoms with Crippen molar-refractivity contribution in [3.63, 3.8) is 0 Å². The van der Waals surface area contributed by atoms with Crippen molar-refractivity contribution in [2.45, 2.75) is 24.9 Å². The van der Waals surface area contributed by atoms with E-state index in [1.807, 2.05) is 24.8 Å². The summed E-state index contributed by atoms with van der Waals surface area (Å²) in [5, 5.41) is 1.29. The summed E-state index contributed by atoms with van der Waals surface area (Å²) in [5.41, 5.74) is 3.33. The maximum atomic E-state index is 5.48. The number of aryl methyl sites for hydroxylation is 3. The van der Waals surface area contributed by atoms with Crippen LogP contribution in [-0.2, 0) is 13.6 Å². The van der Waals surface area contributed by atoms with Gasteiger partial charge in [0.2, 0.25) is 10.7 Å². The first-order chi connectivity index (χ1) is 14.6. The SMILES string of the molecule is COc1cc(/C=C/c2cccc[n+]2CCCSc2cccc[n+]2C)cc(C)c1OC. The van der Waals surface area contributed by atoms with E-state index in [-0.39, 0.29) is 0 Å². The normalized spacial score (nSPS) is 11.1. The summed E-state index contributed by atoms with van der Waals surface area (Å²) in [6, 6.07) is 16.7. The number of ether oxygens (including phenoxy) is 2. The van der Waals surface area contributed by atoms with Crippen molar-refractivity contribution in [3.8, 4) is 11.5 Å². The van der Waals surface area contributed by atoms with E-state index < -0.39 is 0 Å². The van der Waals surface area contributed by atoms with Gasteiger partial charge >= 0.3 is 0 Å². The van der Waals surface area contributed by atoms with Gasteiger partial charge in [0.25, 0.3) is 0 Å². The molecule has 30 heavy (non-hydrogen) atoms. The van der Waals surface area contributed by atoms with Gasteiger partial charge < -0.3 is 9.47 Å². The van der Waals surface area contributed by atoms with Crippen LogP contribution in [0.4, 0.5) is 0 Å². The highest BCUT2D eigenvalue weighted by Gasteiger charge is 2.11. The molecule has 2 aromatic heterocycles. The molecule has 0 radical (unpaired) electrons. The predicted molar refractivity (Wildman–Crippen MR) is 123 cm³/mol. The van der Waals surface area contributed by atoms with Gasteiger partial charge in [-0.15, -0.1) is 0 Å². The van der Waals surface area contributed by atoms with Crippen molar-refractivity contribution in [2.75, 3.05) is 20.0 Å². The van der Waals surface area contributed by atoms with E-state index in [0.29, 0.717) is 0 Å². The van der Waals surface area contributed by atoms with Gasteiger partial charge in [0.1, 0.15) is 13.6 Å². The number of thioether (sulfide) groups is 1. The van der Waals surface area contributed by atoms with Gasteiger partial charge in [-0.05, 0) is 48.4 Å². The molecule has 0 spiro atoms. The zero-order valence-electron chi connectivity index (χ0n) is 18.2. The van der Waals surface area contributed by atoms with Crippen LogP contribution in [0.25, 0.3) is 12.2 Å². The first kappa shape index (κ1) is 21.9. The summed E-state index contributed by atoms with van der Waals surface area (Å²) < 4.78 is 15.4. The van der Waals surface area contributed by atoms with Crippen LogP contribution >= 0.6 is 11.8 Å². The van der Waals surface area contributed by atoms with Crippen LogP contribution in [0.15, 0.2) is 66.0 Å². The Labute approximate surface area is 183 Å². The molecule has 3 rings (SSSR count). The molecule has 0 unspecified atom stereocenters. The Balaban J connectivity index is 1.66. The number of hydrogen-bond donors (Lipinski definition) is 0. The molecule has 0 aliphatic heterocycles. The van der Waals surface area contributed by atoms with E-state index in [1.54, 1.807) is 14.2 Å². The third-order valence-electron chi connectivity index (χ3n) is 4.91. The Kier molecular flexibility index (Phi) is 7.91. The van der Waals surface area contributed by atoms with Crippen molar-refractivity contribution in [1.82, 2.24) is 0 Å². The molecule has 0 saturated heterocycles. The molecule has 3 aromatic rings. The number of methoxy groups -OCH3 is 2. The summed E-state index contributed by atoms with van der Waals surface area (Å²) in [4.78, 5) is 0. The van der Waals surface area contributed by atoms with E-state index in [9.17, 15) is 0 Å². The molecule has 2 heterocycles. The minimum absolute atomic E-state index is 0.754. The Bertz CT molecular complexity index is 1020. The van der Waals surface area contributed by atoms with Crippen LogP contribution in [0.3, 0.4) is 0 Å². The smallest absolute Gasteiger partial charge is 0.239 e. The number of rotatable bonds is 9. The zero-order valence-corrected chi connectivity index (χ0v) is 19.0. The average molecular weight is 423 g/mol. The molecular formula is C25H30N2O2S+2. The van der Waals surface area contributed by atoms with Gasteiger partial charge in [-0.25, -0.2) is 0 Å². The quantitative estimate of drug-likeness (QED) is 0.289. The second-order valence-corrected chi connectivity index (χ2v) is 8.19. The Morgan fingerprint density at radius 1 is 0.967 bits per heavy atom. The first-order valence-corrected chi connectivity index (χ1v) is 11.1. The number of pyridine rings is 2. The van der Waals surface area contributed by atoms with Crippen LogP contribution in [0.1, 0.15) is 23.2 Å². The topological polar surface area (TPSA) is 26.2 Å². The van der Waals surface area contributed by atoms with Gasteiger partial charge in [-0.1, -0.05) is 11.8 Å². The molecule has 0 N–H and O–H groups in total. The number of benzene rings is 1. The lowest BCUT2D eigenvalue weighted by Crippen LogP contribution is -2.36. The molecule has 1 aromatic carbocycles. The van der Waals surface area contributed by atoms with Crippen LogP contribution in [0, 0.1) is 6.92 Å². The minimum atomic E-state index is 0.754. The fraction of sp³-hybridized carbons (Fsp3) is 0.280. The first-order valence-electron chi connectivity index (χ1n) is 10.1. The van der Waals surface area contributed by atoms with Gasteiger partial charge in [-0.2, -0.15) is 9.13 Å². The average Bonchev–Trinajstić information content (AvgIpc) is 2.76. The molecular weight excluding hydrogens is 392 g/mol. The van der Waals surface area contributed by atoms with E-state index in [2.05, 4.69) is 83.2 Å². The van der Waals surface area contributed by atoms with Gasteiger partial charge in [0, 0.05) is 42.5 Å². The highest BCUT2D eigenvalue weighted by molar-refractivity contribution is 7.99. The summed E-state index contributed by atoms with van der Waals surface area (Å²) in [5.74, 6) is 2.62. The van der Waals surface area contributed by atoms with Crippen molar-refractivity contribution in [1.29, 1.82) is 0 Å². The Morgan fingerprint density at radius 2 is 1.77 bits per heavy atom. The van der Waals surface area contributed by atoms with Crippen LogP contribution in [-0.4, -0.2) is 20.0 Å². The molecule has 0 atom stereocenters. The molecule has 0 saturated carbocycles. The highest BCUT2D eigenvalue weighted by Crippen LogP contribution is 2.32. The minimum Gasteiger partial charge on any atom is -0.493 e. The summed E-state index contributed by atoms with van der Waals surface area (Å²) in [6.07, 6.45) is 9.62. The van der Waals surface area contributed by atoms with E-state index >= 15 is 0 Å². The van der Waals surface area contributed by atoms with E-state index in [1.165, 1.54) is 10.7 Å². The predicted octanol–water partition coefficient (Wildman–Crippen LogP) is 4.48. The Hall–Kier alpha value is -2.79. The summed E-state index contributed by atoms with van der Waals surface area (Å²) in [6.45, 7) is 3.01. The fourth-order valence-electron chi connectivity index (χ4n) is 3.37. The molecule has 5 heteroatoms. The zero-order chi connectivity index (χ0) is 21.3. The molecule has 0 aliphatic carbocycles. The maximum Gasteiger partial charge on any atom is 0.239 e. The Morgan fingerprint density at radius 3 is 2.53 bits per heavy atom. The van der Waals surface area contributed by atoms with Crippen LogP contribution < -0.4 is 18.6 Å². The lowest BCUT2D eigenvalue weighted by atomic mass is 10.1. The van der Waals surface area contributed by atoms with Crippen molar-refractivity contribution < 1.29 is 18.6 Å². The second-order valence-electron chi connectivity index (χ2n) is 7.08. The number of aromatic nitrogens is 2. The van der Waals surface area contributed by atoms with Crippen molar-refractivity contribution in [2.24, 2.45) is 7.05 Å². The monoisotopic (exact) mass is 422 g/mol. The number of nitrogens with zero attached hydrogens (tertiary/aromatic N) is 2. The van der Waals surface area contributed by atoms with Gasteiger partial charge in [0.15, 0.2) is 23.9 Å². The van der Waals surface area contributed by atoms with E-state index in [4.69, 9.17) is 9.47 Å². The maximum absolute atomic E-state index is 5.48. The van der Waals surface area contributed by atoms with Crippen molar-refractivity contribution >= 4 is 23.9 Å². The fourth-order valence-corrected chi connectivity index (χ4v) is 4.30. The largest absolute Gasteiger partial charge is 0.493 e. The lowest BCUT2D eigenvalue weighted by Gasteiger charge is -2.11. The molecule has 156 valence electrons. The highest BCUT2D eigenvalue weighted by atomic mass is 32.2. The van der Waals surface area contributed by atoms with Gasteiger partial charge in [0.05, 0.1) is 14.2 Å². The molecule has 0 aliphatic rings. The molecule has 0 bridgehead atoms. The van der Waals surface area contributed by atoms with Gasteiger partial charge in [-0.3, -0.25) is 0 Å². The molecule has 0 amide bonds. The number of hydrogen-bond acceptors (Lipinski definition) is 3. The summed E-state index contributed by atoms with van der Waals surface area (Å²) >= 11 is 1.90. The third kappa shape index (κ3) is 5.63. The third-order valence-corrected chi connectivity index (χ3v) is 6.12. The van der Waals surface area contributed by atoms with E-state index in [0.717, 1.165) is 41.3 Å². The standard InChI is InChI=1S/C25H30N2O2S/c1-20-18-21(19-23(28-3)25(20)29-4)12-13-22-10-5-8-15-27(22)16-9-17-30-24-11-6-7-14-26(24)2/h5-8,10-15,18-19H,9,16-17H2,1-4H3/q+2/b13-12+. The van der Waals surface area contributed by atoms with Crippen LogP contribution in [0.2, 0.25) is 0 Å². The van der Waals surface area contributed by atoms with Crippen molar-refractivity contribution in [3.05, 3.63) is 77.7 Å².